The average Bonchev–Trinajstić information content (AvgIpc) is 2.39. The lowest BCUT2D eigenvalue weighted by atomic mass is 10.1. The van der Waals surface area contributed by atoms with E-state index in [1.165, 1.54) is 5.56 Å². The second-order valence-corrected chi connectivity index (χ2v) is 4.19. The van der Waals surface area contributed by atoms with E-state index in [-0.39, 0.29) is 12.6 Å². The van der Waals surface area contributed by atoms with E-state index in [1.54, 1.807) is 4.90 Å². The molecular formula is C14H22N2O2. The Bertz CT molecular complexity index is 357. The fourth-order valence-electron chi connectivity index (χ4n) is 1.73. The van der Waals surface area contributed by atoms with Crippen LogP contribution in [0.5, 0.6) is 0 Å². The highest BCUT2D eigenvalue weighted by Crippen LogP contribution is 2.10. The van der Waals surface area contributed by atoms with Gasteiger partial charge in [-0.1, -0.05) is 26.0 Å². The van der Waals surface area contributed by atoms with Crippen LogP contribution in [0.2, 0.25) is 0 Å². The lowest BCUT2D eigenvalue weighted by molar-refractivity contribution is 0.188. The summed E-state index contributed by atoms with van der Waals surface area (Å²) < 4.78 is 0. The summed E-state index contributed by atoms with van der Waals surface area (Å²) in [5.74, 6) is 0. The minimum Gasteiger partial charge on any atom is -0.395 e. The van der Waals surface area contributed by atoms with Crippen LogP contribution in [0, 0.1) is 0 Å². The lowest BCUT2D eigenvalue weighted by Crippen LogP contribution is -2.37. The van der Waals surface area contributed by atoms with Gasteiger partial charge in [-0.05, 0) is 30.5 Å². The Hall–Kier alpha value is -1.55. The van der Waals surface area contributed by atoms with E-state index in [4.69, 9.17) is 5.11 Å². The van der Waals surface area contributed by atoms with Gasteiger partial charge in [0.15, 0.2) is 0 Å². The first-order chi connectivity index (χ1) is 8.71. The first-order valence-electron chi connectivity index (χ1n) is 6.47. The fraction of sp³-hybridized carbons (Fsp3) is 0.500. The van der Waals surface area contributed by atoms with Gasteiger partial charge in [0.05, 0.1) is 6.61 Å². The molecule has 0 bridgehead atoms. The van der Waals surface area contributed by atoms with Crippen molar-refractivity contribution in [1.82, 2.24) is 4.90 Å². The number of nitrogens with zero attached hydrogens (tertiary/aromatic N) is 1. The largest absolute Gasteiger partial charge is 0.395 e. The van der Waals surface area contributed by atoms with E-state index in [9.17, 15) is 4.79 Å². The van der Waals surface area contributed by atoms with Crippen molar-refractivity contribution >= 4 is 11.7 Å². The Morgan fingerprint density at radius 3 is 2.39 bits per heavy atom. The molecule has 2 amide bonds. The molecule has 4 heteroatoms. The number of carbonyl (C=O) groups excluding carboxylic acids is 1. The van der Waals surface area contributed by atoms with E-state index in [0.717, 1.165) is 18.5 Å². The number of aliphatic hydroxyl groups is 1. The van der Waals surface area contributed by atoms with Crippen molar-refractivity contribution in [1.29, 1.82) is 0 Å². The third kappa shape index (κ3) is 4.37. The number of carbonyl (C=O) groups is 1. The van der Waals surface area contributed by atoms with E-state index in [0.29, 0.717) is 13.1 Å². The minimum atomic E-state index is -0.157. The van der Waals surface area contributed by atoms with Gasteiger partial charge in [0, 0.05) is 18.8 Å². The quantitative estimate of drug-likeness (QED) is 0.815. The van der Waals surface area contributed by atoms with Gasteiger partial charge < -0.3 is 15.3 Å². The molecule has 0 unspecified atom stereocenters. The van der Waals surface area contributed by atoms with Crippen LogP contribution < -0.4 is 5.32 Å². The molecule has 0 fully saturated rings. The SMILES string of the molecule is CCCN(CCO)C(=O)Nc1ccc(CC)cc1. The third-order valence-electron chi connectivity index (χ3n) is 2.76. The molecule has 4 nitrogen and oxygen atoms in total. The van der Waals surface area contributed by atoms with Crippen LogP contribution in [0.4, 0.5) is 10.5 Å². The van der Waals surface area contributed by atoms with Crippen molar-refractivity contribution in [2.24, 2.45) is 0 Å². The van der Waals surface area contributed by atoms with Gasteiger partial charge >= 0.3 is 6.03 Å². The van der Waals surface area contributed by atoms with Gasteiger partial charge in [-0.2, -0.15) is 0 Å². The summed E-state index contributed by atoms with van der Waals surface area (Å²) in [6, 6.07) is 7.66. The molecule has 1 rings (SSSR count). The number of hydrogen-bond donors (Lipinski definition) is 2. The van der Waals surface area contributed by atoms with Crippen molar-refractivity contribution < 1.29 is 9.90 Å². The fourth-order valence-corrected chi connectivity index (χ4v) is 1.73. The number of urea groups is 1. The number of rotatable bonds is 6. The van der Waals surface area contributed by atoms with Crippen LogP contribution in [0.3, 0.4) is 0 Å². The molecule has 0 aromatic heterocycles. The highest BCUT2D eigenvalue weighted by atomic mass is 16.3. The summed E-state index contributed by atoms with van der Waals surface area (Å²) in [7, 11) is 0. The monoisotopic (exact) mass is 250 g/mol. The van der Waals surface area contributed by atoms with Gasteiger partial charge in [0.25, 0.3) is 0 Å². The second kappa shape index (κ2) is 7.71. The number of nitrogens with one attached hydrogen (secondary N) is 1. The van der Waals surface area contributed by atoms with Gasteiger partial charge in [-0.15, -0.1) is 0 Å². The molecule has 100 valence electrons. The van der Waals surface area contributed by atoms with Crippen LogP contribution >= 0.6 is 0 Å². The Morgan fingerprint density at radius 2 is 1.89 bits per heavy atom. The summed E-state index contributed by atoms with van der Waals surface area (Å²) in [6.07, 6.45) is 1.86. The van der Waals surface area contributed by atoms with Crippen molar-refractivity contribution in [2.45, 2.75) is 26.7 Å². The summed E-state index contributed by atoms with van der Waals surface area (Å²) in [5.41, 5.74) is 2.03. The topological polar surface area (TPSA) is 52.6 Å². The zero-order chi connectivity index (χ0) is 13.4. The summed E-state index contributed by atoms with van der Waals surface area (Å²) >= 11 is 0. The molecule has 2 N–H and O–H groups in total. The molecule has 0 heterocycles. The molecule has 1 aromatic rings. The first kappa shape index (κ1) is 14.5. The molecule has 1 aromatic carbocycles. The standard InChI is InChI=1S/C14H22N2O2/c1-3-9-16(10-11-17)14(18)15-13-7-5-12(4-2)6-8-13/h5-8,17H,3-4,9-11H2,1-2H3,(H,15,18). The molecule has 0 aliphatic carbocycles. The van der Waals surface area contributed by atoms with Crippen LogP contribution in [0.15, 0.2) is 24.3 Å². The Balaban J connectivity index is 2.60. The molecule has 18 heavy (non-hydrogen) atoms. The second-order valence-electron chi connectivity index (χ2n) is 4.19. The molecule has 0 aliphatic heterocycles. The molecule has 0 radical (unpaired) electrons. The number of benzene rings is 1. The van der Waals surface area contributed by atoms with Crippen LogP contribution in [-0.2, 0) is 6.42 Å². The molecule has 0 aliphatic rings. The minimum absolute atomic E-state index is 0.0117. The maximum Gasteiger partial charge on any atom is 0.321 e. The smallest absolute Gasteiger partial charge is 0.321 e. The maximum atomic E-state index is 12.0. The van der Waals surface area contributed by atoms with Crippen molar-refractivity contribution in [3.8, 4) is 0 Å². The Labute approximate surface area is 109 Å². The van der Waals surface area contributed by atoms with Gasteiger partial charge in [-0.3, -0.25) is 0 Å². The number of amides is 2. The van der Waals surface area contributed by atoms with Crippen molar-refractivity contribution in [2.75, 3.05) is 25.0 Å². The molecule has 0 spiro atoms. The van der Waals surface area contributed by atoms with Crippen molar-refractivity contribution in [3.63, 3.8) is 0 Å². The van der Waals surface area contributed by atoms with E-state index in [1.807, 2.05) is 31.2 Å². The first-order valence-corrected chi connectivity index (χ1v) is 6.47. The summed E-state index contributed by atoms with van der Waals surface area (Å²) in [6.45, 7) is 5.11. The van der Waals surface area contributed by atoms with Crippen molar-refractivity contribution in [3.05, 3.63) is 29.8 Å². The highest BCUT2D eigenvalue weighted by Gasteiger charge is 2.11. The average molecular weight is 250 g/mol. The third-order valence-corrected chi connectivity index (χ3v) is 2.76. The Kier molecular flexibility index (Phi) is 6.22. The maximum absolute atomic E-state index is 12.0. The highest BCUT2D eigenvalue weighted by molar-refractivity contribution is 5.89. The lowest BCUT2D eigenvalue weighted by Gasteiger charge is -2.21. The van der Waals surface area contributed by atoms with Gasteiger partial charge in [0.1, 0.15) is 0 Å². The summed E-state index contributed by atoms with van der Waals surface area (Å²) in [5, 5.41) is 11.8. The number of hydrogen-bond acceptors (Lipinski definition) is 2. The number of aryl methyl sites for hydroxylation is 1. The van der Waals surface area contributed by atoms with Crippen LogP contribution in [-0.4, -0.2) is 35.7 Å². The summed E-state index contributed by atoms with van der Waals surface area (Å²) in [4.78, 5) is 13.6. The van der Waals surface area contributed by atoms with E-state index >= 15 is 0 Å². The van der Waals surface area contributed by atoms with Crippen LogP contribution in [0.1, 0.15) is 25.8 Å². The zero-order valence-corrected chi connectivity index (χ0v) is 11.1. The van der Waals surface area contributed by atoms with Gasteiger partial charge in [-0.25, -0.2) is 4.79 Å². The predicted molar refractivity (Wildman–Crippen MR) is 73.8 cm³/mol. The predicted octanol–water partition coefficient (Wildman–Crippen LogP) is 2.49. The van der Waals surface area contributed by atoms with E-state index < -0.39 is 0 Å². The molecule has 0 saturated heterocycles. The molecule has 0 atom stereocenters. The van der Waals surface area contributed by atoms with Crippen LogP contribution in [0.25, 0.3) is 0 Å². The normalized spacial score (nSPS) is 10.2. The number of aliphatic hydroxyl groups excluding tert-OH is 1. The Morgan fingerprint density at radius 1 is 1.22 bits per heavy atom. The molecule has 0 saturated carbocycles. The zero-order valence-electron chi connectivity index (χ0n) is 11.1. The molecular weight excluding hydrogens is 228 g/mol. The van der Waals surface area contributed by atoms with Gasteiger partial charge in [0.2, 0.25) is 0 Å². The number of anilines is 1. The van der Waals surface area contributed by atoms with E-state index in [2.05, 4.69) is 12.2 Å².